The average molecular weight is 301 g/mol. The minimum atomic E-state index is 0.517. The second-order valence-electron chi connectivity index (χ2n) is 4.94. The van der Waals surface area contributed by atoms with E-state index in [1.165, 1.54) is 0 Å². The van der Waals surface area contributed by atoms with Crippen molar-refractivity contribution < 1.29 is 4.74 Å². The number of aliphatic imine (C=N–C) groups is 1. The summed E-state index contributed by atoms with van der Waals surface area (Å²) >= 11 is 6.11. The standard InChI is InChI=1S/C17H17ClN2O/c18-16-7-2-1-5-15(16)12-21-11-13-4-3-6-14(10-13)17-19-8-9-20-17/h1-7,10H,8-9,11-12H2,(H,19,20). The van der Waals surface area contributed by atoms with Gasteiger partial charge in [0.05, 0.1) is 19.8 Å². The molecule has 0 bridgehead atoms. The van der Waals surface area contributed by atoms with Gasteiger partial charge in [-0.15, -0.1) is 0 Å². The first-order chi connectivity index (χ1) is 10.3. The number of amidine groups is 1. The van der Waals surface area contributed by atoms with Crippen molar-refractivity contribution in [3.8, 4) is 0 Å². The molecule has 0 spiro atoms. The molecule has 0 saturated carbocycles. The molecule has 0 aromatic heterocycles. The molecule has 0 saturated heterocycles. The van der Waals surface area contributed by atoms with Gasteiger partial charge in [0.15, 0.2) is 0 Å². The maximum atomic E-state index is 6.11. The molecule has 1 aliphatic heterocycles. The third kappa shape index (κ3) is 3.63. The first kappa shape index (κ1) is 14.1. The summed E-state index contributed by atoms with van der Waals surface area (Å²) in [6.45, 7) is 2.85. The SMILES string of the molecule is Clc1ccccc1COCc1cccc(C2=NCCN2)c1. The lowest BCUT2D eigenvalue weighted by molar-refractivity contribution is 0.107. The molecule has 3 rings (SSSR count). The van der Waals surface area contributed by atoms with Crippen molar-refractivity contribution in [3.63, 3.8) is 0 Å². The molecule has 0 unspecified atom stereocenters. The fourth-order valence-electron chi connectivity index (χ4n) is 2.29. The number of rotatable bonds is 5. The van der Waals surface area contributed by atoms with Gasteiger partial charge in [-0.3, -0.25) is 4.99 Å². The topological polar surface area (TPSA) is 33.6 Å². The Morgan fingerprint density at radius 3 is 2.81 bits per heavy atom. The summed E-state index contributed by atoms with van der Waals surface area (Å²) in [7, 11) is 0. The summed E-state index contributed by atoms with van der Waals surface area (Å²) in [6, 6.07) is 16.0. The summed E-state index contributed by atoms with van der Waals surface area (Å²) in [5.41, 5.74) is 3.26. The van der Waals surface area contributed by atoms with E-state index in [-0.39, 0.29) is 0 Å². The van der Waals surface area contributed by atoms with Gasteiger partial charge >= 0.3 is 0 Å². The Morgan fingerprint density at radius 2 is 2.00 bits per heavy atom. The molecule has 108 valence electrons. The van der Waals surface area contributed by atoms with Crippen molar-refractivity contribution >= 4 is 17.4 Å². The summed E-state index contributed by atoms with van der Waals surface area (Å²) in [5, 5.41) is 4.03. The summed E-state index contributed by atoms with van der Waals surface area (Å²) in [4.78, 5) is 4.43. The molecule has 0 fully saturated rings. The van der Waals surface area contributed by atoms with Gasteiger partial charge in [-0.1, -0.05) is 48.0 Å². The Bertz CT molecular complexity index is 655. The van der Waals surface area contributed by atoms with Crippen LogP contribution in [0.25, 0.3) is 0 Å². The van der Waals surface area contributed by atoms with E-state index in [1.807, 2.05) is 30.3 Å². The predicted octanol–water partition coefficient (Wildman–Crippen LogP) is 3.41. The Balaban J connectivity index is 1.61. The molecule has 1 N–H and O–H groups in total. The Labute approximate surface area is 129 Å². The van der Waals surface area contributed by atoms with Gasteiger partial charge < -0.3 is 10.1 Å². The molecule has 1 heterocycles. The number of nitrogens with one attached hydrogen (secondary N) is 1. The van der Waals surface area contributed by atoms with Crippen LogP contribution in [0, 0.1) is 0 Å². The first-order valence-electron chi connectivity index (χ1n) is 7.02. The van der Waals surface area contributed by atoms with Gasteiger partial charge in [0, 0.05) is 17.1 Å². The summed E-state index contributed by atoms with van der Waals surface area (Å²) < 4.78 is 5.76. The number of ether oxygens (including phenoxy) is 1. The molecule has 4 heteroatoms. The van der Waals surface area contributed by atoms with Crippen LogP contribution in [0.1, 0.15) is 16.7 Å². The lowest BCUT2D eigenvalue weighted by atomic mass is 10.1. The van der Waals surface area contributed by atoms with E-state index in [4.69, 9.17) is 16.3 Å². The van der Waals surface area contributed by atoms with E-state index in [2.05, 4.69) is 28.5 Å². The smallest absolute Gasteiger partial charge is 0.128 e. The number of hydrogen-bond donors (Lipinski definition) is 1. The van der Waals surface area contributed by atoms with E-state index in [9.17, 15) is 0 Å². The number of hydrogen-bond acceptors (Lipinski definition) is 3. The van der Waals surface area contributed by atoms with E-state index < -0.39 is 0 Å². The van der Waals surface area contributed by atoms with Gasteiger partial charge in [-0.2, -0.15) is 0 Å². The molecular weight excluding hydrogens is 284 g/mol. The average Bonchev–Trinajstić information content (AvgIpc) is 3.04. The van der Waals surface area contributed by atoms with Crippen molar-refractivity contribution in [1.29, 1.82) is 0 Å². The van der Waals surface area contributed by atoms with Gasteiger partial charge in [0.1, 0.15) is 5.84 Å². The van der Waals surface area contributed by atoms with Crippen LogP contribution in [0.2, 0.25) is 5.02 Å². The maximum absolute atomic E-state index is 6.11. The van der Waals surface area contributed by atoms with Gasteiger partial charge in [-0.25, -0.2) is 0 Å². The Kier molecular flexibility index (Phi) is 4.53. The number of halogens is 1. The highest BCUT2D eigenvalue weighted by Crippen LogP contribution is 2.17. The van der Waals surface area contributed by atoms with Crippen LogP contribution in [0.5, 0.6) is 0 Å². The van der Waals surface area contributed by atoms with Crippen molar-refractivity contribution in [3.05, 3.63) is 70.2 Å². The van der Waals surface area contributed by atoms with Crippen LogP contribution in [0.3, 0.4) is 0 Å². The van der Waals surface area contributed by atoms with Crippen LogP contribution in [-0.2, 0) is 18.0 Å². The van der Waals surface area contributed by atoms with Crippen LogP contribution in [0.15, 0.2) is 53.5 Å². The van der Waals surface area contributed by atoms with Crippen LogP contribution in [0.4, 0.5) is 0 Å². The highest BCUT2D eigenvalue weighted by molar-refractivity contribution is 6.31. The molecule has 21 heavy (non-hydrogen) atoms. The van der Waals surface area contributed by atoms with Gasteiger partial charge in [-0.05, 0) is 23.3 Å². The van der Waals surface area contributed by atoms with Crippen LogP contribution in [-0.4, -0.2) is 18.9 Å². The minimum Gasteiger partial charge on any atom is -0.372 e. The van der Waals surface area contributed by atoms with E-state index in [0.717, 1.165) is 40.6 Å². The van der Waals surface area contributed by atoms with Crippen LogP contribution < -0.4 is 5.32 Å². The first-order valence-corrected chi connectivity index (χ1v) is 7.39. The monoisotopic (exact) mass is 300 g/mol. The summed E-state index contributed by atoms with van der Waals surface area (Å²) in [5.74, 6) is 0.975. The second-order valence-corrected chi connectivity index (χ2v) is 5.35. The highest BCUT2D eigenvalue weighted by Gasteiger charge is 2.08. The fraction of sp³-hybridized carbons (Fsp3) is 0.235. The predicted molar refractivity (Wildman–Crippen MR) is 85.8 cm³/mol. The van der Waals surface area contributed by atoms with Crippen molar-refractivity contribution in [2.45, 2.75) is 13.2 Å². The van der Waals surface area contributed by atoms with E-state index in [0.29, 0.717) is 13.2 Å². The molecule has 2 aromatic carbocycles. The molecular formula is C17H17ClN2O. The zero-order valence-corrected chi connectivity index (χ0v) is 12.4. The Morgan fingerprint density at radius 1 is 1.10 bits per heavy atom. The Hall–Kier alpha value is -1.84. The molecule has 0 amide bonds. The van der Waals surface area contributed by atoms with Gasteiger partial charge in [0.25, 0.3) is 0 Å². The third-order valence-electron chi connectivity index (χ3n) is 3.36. The van der Waals surface area contributed by atoms with Crippen LogP contribution >= 0.6 is 11.6 Å². The van der Waals surface area contributed by atoms with E-state index >= 15 is 0 Å². The minimum absolute atomic E-state index is 0.517. The molecule has 0 atom stereocenters. The zero-order chi connectivity index (χ0) is 14.5. The molecule has 3 nitrogen and oxygen atoms in total. The molecule has 0 radical (unpaired) electrons. The number of benzene rings is 2. The summed E-state index contributed by atoms with van der Waals surface area (Å²) in [6.07, 6.45) is 0. The largest absolute Gasteiger partial charge is 0.372 e. The zero-order valence-electron chi connectivity index (χ0n) is 11.7. The van der Waals surface area contributed by atoms with Crippen molar-refractivity contribution in [1.82, 2.24) is 5.32 Å². The van der Waals surface area contributed by atoms with E-state index in [1.54, 1.807) is 0 Å². The van der Waals surface area contributed by atoms with Crippen molar-refractivity contribution in [2.24, 2.45) is 4.99 Å². The fourth-order valence-corrected chi connectivity index (χ4v) is 2.48. The lowest BCUT2D eigenvalue weighted by Gasteiger charge is -2.08. The van der Waals surface area contributed by atoms with Crippen molar-refractivity contribution in [2.75, 3.05) is 13.1 Å². The highest BCUT2D eigenvalue weighted by atomic mass is 35.5. The lowest BCUT2D eigenvalue weighted by Crippen LogP contribution is -2.19. The maximum Gasteiger partial charge on any atom is 0.128 e. The molecule has 2 aromatic rings. The third-order valence-corrected chi connectivity index (χ3v) is 3.73. The molecule has 0 aliphatic carbocycles. The number of nitrogens with zero attached hydrogens (tertiary/aromatic N) is 1. The quantitative estimate of drug-likeness (QED) is 0.918. The normalized spacial score (nSPS) is 13.9. The molecule has 1 aliphatic rings. The van der Waals surface area contributed by atoms with Gasteiger partial charge in [0.2, 0.25) is 0 Å². The second kappa shape index (κ2) is 6.74.